The number of nitrogens with zero attached hydrogens (tertiary/aromatic N) is 4. The van der Waals surface area contributed by atoms with Crippen LogP contribution in [-0.2, 0) is 6.54 Å². The van der Waals surface area contributed by atoms with E-state index in [0.717, 1.165) is 44.1 Å². The highest BCUT2D eigenvalue weighted by molar-refractivity contribution is 5.47. The van der Waals surface area contributed by atoms with E-state index in [9.17, 15) is 0 Å². The summed E-state index contributed by atoms with van der Waals surface area (Å²) in [6.45, 7) is 7.37. The zero-order valence-corrected chi connectivity index (χ0v) is 12.8. The number of para-hydroxylation sites is 1. The standard InChI is InChI=1S/C16H23N5/c1-13-5-3-4-6-15(13)21-16(17)11-14(18-21)12-20-9-7-19(2)8-10-20/h3-6,11H,7-10,12,17H2,1-2H3. The van der Waals surface area contributed by atoms with E-state index in [1.54, 1.807) is 0 Å². The average Bonchev–Trinajstić information content (AvgIpc) is 2.83. The summed E-state index contributed by atoms with van der Waals surface area (Å²) < 4.78 is 1.85. The van der Waals surface area contributed by atoms with Gasteiger partial charge in [0.05, 0.1) is 11.4 Å². The largest absolute Gasteiger partial charge is 0.384 e. The third-order valence-corrected chi connectivity index (χ3v) is 4.11. The number of hydrogen-bond donors (Lipinski definition) is 1. The molecule has 2 heterocycles. The molecule has 0 spiro atoms. The number of aromatic nitrogens is 2. The molecule has 1 aliphatic heterocycles. The van der Waals surface area contributed by atoms with Gasteiger partial charge in [0.2, 0.25) is 0 Å². The maximum Gasteiger partial charge on any atom is 0.127 e. The number of aryl methyl sites for hydroxylation is 1. The second-order valence-electron chi connectivity index (χ2n) is 5.84. The van der Waals surface area contributed by atoms with Gasteiger partial charge in [-0.3, -0.25) is 4.90 Å². The van der Waals surface area contributed by atoms with Gasteiger partial charge in [-0.15, -0.1) is 0 Å². The Balaban J connectivity index is 1.77. The van der Waals surface area contributed by atoms with Crippen molar-refractivity contribution in [3.05, 3.63) is 41.6 Å². The molecule has 0 aliphatic carbocycles. The zero-order chi connectivity index (χ0) is 14.8. The highest BCUT2D eigenvalue weighted by atomic mass is 15.3. The van der Waals surface area contributed by atoms with Gasteiger partial charge >= 0.3 is 0 Å². The van der Waals surface area contributed by atoms with Gasteiger partial charge in [-0.25, -0.2) is 4.68 Å². The summed E-state index contributed by atoms with van der Waals surface area (Å²) in [6, 6.07) is 10.2. The van der Waals surface area contributed by atoms with Crippen LogP contribution in [0.2, 0.25) is 0 Å². The van der Waals surface area contributed by atoms with E-state index in [0.29, 0.717) is 5.82 Å². The normalized spacial score (nSPS) is 17.2. The van der Waals surface area contributed by atoms with Crippen LogP contribution in [-0.4, -0.2) is 52.8 Å². The Morgan fingerprint density at radius 3 is 2.57 bits per heavy atom. The number of likely N-dealkylation sites (N-methyl/N-ethyl adjacent to an activating group) is 1. The molecule has 1 saturated heterocycles. The number of piperazine rings is 1. The van der Waals surface area contributed by atoms with Gasteiger partial charge < -0.3 is 10.6 Å². The minimum atomic E-state index is 0.702. The Kier molecular flexibility index (Phi) is 3.94. The fraction of sp³-hybridized carbons (Fsp3) is 0.438. The highest BCUT2D eigenvalue weighted by Crippen LogP contribution is 2.19. The van der Waals surface area contributed by atoms with Crippen LogP contribution in [0.4, 0.5) is 5.82 Å². The molecule has 5 heteroatoms. The lowest BCUT2D eigenvalue weighted by molar-refractivity contribution is 0.147. The van der Waals surface area contributed by atoms with Crippen LogP contribution in [0.3, 0.4) is 0 Å². The minimum absolute atomic E-state index is 0.702. The Hall–Kier alpha value is -1.85. The van der Waals surface area contributed by atoms with Crippen molar-refractivity contribution in [2.75, 3.05) is 39.0 Å². The molecule has 0 amide bonds. The smallest absolute Gasteiger partial charge is 0.127 e. The Morgan fingerprint density at radius 1 is 1.14 bits per heavy atom. The van der Waals surface area contributed by atoms with Crippen molar-refractivity contribution in [3.63, 3.8) is 0 Å². The molecule has 1 aliphatic rings. The first-order valence-corrected chi connectivity index (χ1v) is 7.45. The first-order valence-electron chi connectivity index (χ1n) is 7.45. The second kappa shape index (κ2) is 5.87. The van der Waals surface area contributed by atoms with Crippen LogP contribution in [0.5, 0.6) is 0 Å². The molecule has 0 atom stereocenters. The molecule has 3 rings (SSSR count). The zero-order valence-electron chi connectivity index (χ0n) is 12.8. The molecule has 0 bridgehead atoms. The van der Waals surface area contributed by atoms with E-state index in [-0.39, 0.29) is 0 Å². The maximum absolute atomic E-state index is 6.14. The molecule has 1 aromatic heterocycles. The van der Waals surface area contributed by atoms with Crippen molar-refractivity contribution in [1.82, 2.24) is 19.6 Å². The fourth-order valence-corrected chi connectivity index (χ4v) is 2.75. The van der Waals surface area contributed by atoms with Crippen molar-refractivity contribution < 1.29 is 0 Å². The van der Waals surface area contributed by atoms with Gasteiger partial charge in [-0.05, 0) is 25.6 Å². The summed E-state index contributed by atoms with van der Waals surface area (Å²) in [5.41, 5.74) is 9.42. The summed E-state index contributed by atoms with van der Waals surface area (Å²) in [6.07, 6.45) is 0. The Bertz CT molecular complexity index is 611. The lowest BCUT2D eigenvalue weighted by Crippen LogP contribution is -2.43. The topological polar surface area (TPSA) is 50.3 Å². The first-order chi connectivity index (χ1) is 10.1. The van der Waals surface area contributed by atoms with Crippen LogP contribution in [0.1, 0.15) is 11.3 Å². The Morgan fingerprint density at radius 2 is 1.86 bits per heavy atom. The van der Waals surface area contributed by atoms with Crippen LogP contribution in [0.25, 0.3) is 5.69 Å². The van der Waals surface area contributed by atoms with Gasteiger partial charge in [0.15, 0.2) is 0 Å². The van der Waals surface area contributed by atoms with Gasteiger partial charge in [0.25, 0.3) is 0 Å². The molecule has 5 nitrogen and oxygen atoms in total. The molecule has 1 aromatic carbocycles. The van der Waals surface area contributed by atoms with Gasteiger partial charge in [0, 0.05) is 38.8 Å². The van der Waals surface area contributed by atoms with Crippen molar-refractivity contribution in [2.24, 2.45) is 0 Å². The van der Waals surface area contributed by atoms with Gasteiger partial charge in [0.1, 0.15) is 5.82 Å². The number of nitrogens with two attached hydrogens (primary N) is 1. The lowest BCUT2D eigenvalue weighted by Gasteiger charge is -2.31. The summed E-state index contributed by atoms with van der Waals surface area (Å²) in [4.78, 5) is 4.79. The molecule has 112 valence electrons. The Labute approximate surface area is 126 Å². The molecule has 2 N–H and O–H groups in total. The maximum atomic E-state index is 6.14. The predicted octanol–water partition coefficient (Wildman–Crippen LogP) is 1.51. The summed E-state index contributed by atoms with van der Waals surface area (Å²) in [5, 5.41) is 4.69. The van der Waals surface area contributed by atoms with E-state index in [2.05, 4.69) is 35.9 Å². The highest BCUT2D eigenvalue weighted by Gasteiger charge is 2.16. The quantitative estimate of drug-likeness (QED) is 0.929. The third kappa shape index (κ3) is 3.09. The van der Waals surface area contributed by atoms with E-state index in [1.807, 2.05) is 22.9 Å². The molecule has 21 heavy (non-hydrogen) atoms. The van der Waals surface area contributed by atoms with Crippen LogP contribution >= 0.6 is 0 Å². The third-order valence-electron chi connectivity index (χ3n) is 4.11. The number of anilines is 1. The number of nitrogen functional groups attached to an aromatic ring is 1. The SMILES string of the molecule is Cc1ccccc1-n1nc(CN2CCN(C)CC2)cc1N. The molecule has 2 aromatic rings. The van der Waals surface area contributed by atoms with Crippen molar-refractivity contribution in [3.8, 4) is 5.69 Å². The molecule has 0 unspecified atom stereocenters. The molecular formula is C16H23N5. The molecule has 0 radical (unpaired) electrons. The minimum Gasteiger partial charge on any atom is -0.384 e. The van der Waals surface area contributed by atoms with E-state index in [1.165, 1.54) is 5.56 Å². The number of rotatable bonds is 3. The van der Waals surface area contributed by atoms with E-state index < -0.39 is 0 Å². The van der Waals surface area contributed by atoms with Crippen molar-refractivity contribution >= 4 is 5.82 Å². The molecular weight excluding hydrogens is 262 g/mol. The number of hydrogen-bond acceptors (Lipinski definition) is 4. The molecule has 1 fully saturated rings. The number of benzene rings is 1. The van der Waals surface area contributed by atoms with Gasteiger partial charge in [-0.2, -0.15) is 5.10 Å². The summed E-state index contributed by atoms with van der Waals surface area (Å²) in [5.74, 6) is 0.702. The van der Waals surface area contributed by atoms with Crippen LogP contribution in [0, 0.1) is 6.92 Å². The fourth-order valence-electron chi connectivity index (χ4n) is 2.75. The average molecular weight is 285 g/mol. The van der Waals surface area contributed by atoms with Crippen LogP contribution < -0.4 is 5.73 Å². The van der Waals surface area contributed by atoms with Crippen molar-refractivity contribution in [1.29, 1.82) is 0 Å². The first kappa shape index (κ1) is 14.1. The second-order valence-corrected chi connectivity index (χ2v) is 5.84. The van der Waals surface area contributed by atoms with Crippen molar-refractivity contribution in [2.45, 2.75) is 13.5 Å². The van der Waals surface area contributed by atoms with Gasteiger partial charge in [-0.1, -0.05) is 18.2 Å². The lowest BCUT2D eigenvalue weighted by atomic mass is 10.2. The van der Waals surface area contributed by atoms with E-state index in [4.69, 9.17) is 10.8 Å². The summed E-state index contributed by atoms with van der Waals surface area (Å²) >= 11 is 0. The van der Waals surface area contributed by atoms with E-state index >= 15 is 0 Å². The monoisotopic (exact) mass is 285 g/mol. The molecule has 0 saturated carbocycles. The predicted molar refractivity (Wildman–Crippen MR) is 85.5 cm³/mol. The van der Waals surface area contributed by atoms with Crippen LogP contribution in [0.15, 0.2) is 30.3 Å². The summed E-state index contributed by atoms with van der Waals surface area (Å²) in [7, 11) is 2.17.